The lowest BCUT2D eigenvalue weighted by Crippen LogP contribution is -2.14. The average Bonchev–Trinajstić information content (AvgIpc) is 3.21. The third-order valence-corrected chi connectivity index (χ3v) is 5.14. The maximum atomic E-state index is 12.1. The number of amides is 1. The molecule has 0 spiro atoms. The number of nitrogens with one attached hydrogen (secondary N) is 1. The Morgan fingerprint density at radius 3 is 2.77 bits per heavy atom. The fourth-order valence-corrected chi connectivity index (χ4v) is 3.65. The summed E-state index contributed by atoms with van der Waals surface area (Å²) in [7, 11) is 0. The van der Waals surface area contributed by atoms with Crippen molar-refractivity contribution in [2.45, 2.75) is 25.0 Å². The molecule has 0 aliphatic carbocycles. The molecule has 0 unspecified atom stereocenters. The van der Waals surface area contributed by atoms with Crippen molar-refractivity contribution in [2.75, 3.05) is 11.1 Å². The number of carbonyl (C=O) groups is 1. The van der Waals surface area contributed by atoms with Crippen LogP contribution in [-0.4, -0.2) is 36.6 Å². The predicted molar refractivity (Wildman–Crippen MR) is 103 cm³/mol. The van der Waals surface area contributed by atoms with Crippen molar-refractivity contribution < 1.29 is 4.79 Å². The van der Waals surface area contributed by atoms with E-state index in [9.17, 15) is 4.79 Å². The number of nitrogens with zero attached hydrogens (tertiary/aromatic N) is 5. The van der Waals surface area contributed by atoms with Crippen LogP contribution in [0.3, 0.4) is 0 Å². The molecule has 0 saturated heterocycles. The Kier molecular flexibility index (Phi) is 6.13. The number of allylic oxidation sites excluding steroid dienone is 1. The quantitative estimate of drug-likeness (QED) is 0.473. The van der Waals surface area contributed by atoms with Gasteiger partial charge >= 0.3 is 0 Å². The first-order valence-electron chi connectivity index (χ1n) is 7.95. The molecule has 0 radical (unpaired) electrons. The van der Waals surface area contributed by atoms with Crippen LogP contribution in [0.2, 0.25) is 0 Å². The molecule has 0 fully saturated rings. The van der Waals surface area contributed by atoms with Gasteiger partial charge in [0.05, 0.1) is 5.75 Å². The van der Waals surface area contributed by atoms with E-state index in [-0.39, 0.29) is 11.7 Å². The van der Waals surface area contributed by atoms with E-state index < -0.39 is 0 Å². The summed E-state index contributed by atoms with van der Waals surface area (Å²) in [5, 5.41) is 21.0. The molecule has 0 bridgehead atoms. The second-order valence-electron chi connectivity index (χ2n) is 5.42. The molecule has 1 N–H and O–H groups in total. The predicted octanol–water partition coefficient (Wildman–Crippen LogP) is 2.95. The number of aromatic nitrogens is 5. The van der Waals surface area contributed by atoms with Crippen LogP contribution in [0.25, 0.3) is 0 Å². The Hall–Kier alpha value is -2.52. The fourth-order valence-electron chi connectivity index (χ4n) is 2.28. The first-order chi connectivity index (χ1) is 12.7. The molecule has 0 atom stereocenters. The number of rotatable bonds is 8. The van der Waals surface area contributed by atoms with Gasteiger partial charge in [0.1, 0.15) is 10.8 Å². The topological polar surface area (TPSA) is 85.6 Å². The molecule has 134 valence electrons. The summed E-state index contributed by atoms with van der Waals surface area (Å²) < 4.78 is 1.98. The molecule has 0 aliphatic rings. The molecule has 0 aliphatic heterocycles. The van der Waals surface area contributed by atoms with Gasteiger partial charge in [0, 0.05) is 13.0 Å². The average molecular weight is 387 g/mol. The van der Waals surface area contributed by atoms with Crippen LogP contribution in [0.4, 0.5) is 5.13 Å². The Balaban J connectivity index is 1.65. The minimum atomic E-state index is -0.149. The highest BCUT2D eigenvalue weighted by Crippen LogP contribution is 2.20. The summed E-state index contributed by atoms with van der Waals surface area (Å²) in [5.74, 6) is 0.918. The van der Waals surface area contributed by atoms with Gasteiger partial charge in [-0.15, -0.1) is 27.0 Å². The van der Waals surface area contributed by atoms with Gasteiger partial charge in [-0.2, -0.15) is 0 Å². The van der Waals surface area contributed by atoms with E-state index in [1.807, 2.05) is 29.7 Å². The summed E-state index contributed by atoms with van der Waals surface area (Å²) in [5.41, 5.74) is 1.16. The van der Waals surface area contributed by atoms with Crippen LogP contribution in [0, 0.1) is 6.92 Å². The largest absolute Gasteiger partial charge is 0.302 e. The SMILES string of the molecule is C=CCn1c(Cc2ccccc2)nnc1SCC(=O)Nc1nnc(C)s1. The van der Waals surface area contributed by atoms with E-state index in [1.165, 1.54) is 23.1 Å². The van der Waals surface area contributed by atoms with Crippen LogP contribution in [-0.2, 0) is 17.8 Å². The van der Waals surface area contributed by atoms with Gasteiger partial charge in [-0.1, -0.05) is 59.5 Å². The van der Waals surface area contributed by atoms with Crippen LogP contribution in [0.15, 0.2) is 48.1 Å². The van der Waals surface area contributed by atoms with Crippen LogP contribution >= 0.6 is 23.1 Å². The molecule has 2 heterocycles. The second-order valence-corrected chi connectivity index (χ2v) is 7.55. The van der Waals surface area contributed by atoms with Crippen molar-refractivity contribution in [3.05, 3.63) is 59.4 Å². The lowest BCUT2D eigenvalue weighted by Gasteiger charge is -2.07. The highest BCUT2D eigenvalue weighted by Gasteiger charge is 2.14. The monoisotopic (exact) mass is 386 g/mol. The number of thioether (sulfide) groups is 1. The molecule has 3 aromatic rings. The van der Waals surface area contributed by atoms with Crippen LogP contribution < -0.4 is 5.32 Å². The zero-order valence-corrected chi connectivity index (χ0v) is 15.9. The number of carbonyl (C=O) groups excluding carboxylic acids is 1. The molecule has 3 rings (SSSR count). The van der Waals surface area contributed by atoms with E-state index in [2.05, 4.69) is 44.4 Å². The summed E-state index contributed by atoms with van der Waals surface area (Å²) >= 11 is 2.68. The molecular weight excluding hydrogens is 368 g/mol. The molecular formula is C17H18N6OS2. The zero-order chi connectivity index (χ0) is 18.4. The van der Waals surface area contributed by atoms with Gasteiger partial charge in [-0.25, -0.2) is 0 Å². The van der Waals surface area contributed by atoms with Gasteiger partial charge in [0.2, 0.25) is 11.0 Å². The Bertz CT molecular complexity index is 890. The fraction of sp³-hybridized carbons (Fsp3) is 0.235. The lowest BCUT2D eigenvalue weighted by atomic mass is 10.1. The minimum Gasteiger partial charge on any atom is -0.302 e. The van der Waals surface area contributed by atoms with Crippen molar-refractivity contribution in [1.82, 2.24) is 25.0 Å². The van der Waals surface area contributed by atoms with Crippen molar-refractivity contribution in [1.29, 1.82) is 0 Å². The summed E-state index contributed by atoms with van der Waals surface area (Å²) in [4.78, 5) is 12.1. The first kappa shape index (κ1) is 18.3. The first-order valence-corrected chi connectivity index (χ1v) is 9.75. The molecule has 2 aromatic heterocycles. The van der Waals surface area contributed by atoms with Gasteiger partial charge in [0.15, 0.2) is 5.16 Å². The standard InChI is InChI=1S/C17H18N6OS2/c1-3-9-23-14(10-13-7-5-4-6-8-13)20-22-17(23)25-11-15(24)18-16-21-19-12(2)26-16/h3-8H,1,9-11H2,2H3,(H,18,21,24). The molecule has 1 amide bonds. The van der Waals surface area contributed by atoms with Gasteiger partial charge in [-0.05, 0) is 12.5 Å². The van der Waals surface area contributed by atoms with Crippen molar-refractivity contribution in [2.24, 2.45) is 0 Å². The van der Waals surface area contributed by atoms with Gasteiger partial charge < -0.3 is 4.57 Å². The minimum absolute atomic E-state index is 0.149. The Labute approximate surface area is 159 Å². The van der Waals surface area contributed by atoms with Crippen LogP contribution in [0.1, 0.15) is 16.4 Å². The zero-order valence-electron chi connectivity index (χ0n) is 14.3. The van der Waals surface area contributed by atoms with E-state index in [4.69, 9.17) is 0 Å². The van der Waals surface area contributed by atoms with E-state index in [0.29, 0.717) is 23.3 Å². The molecule has 1 aromatic carbocycles. The third kappa shape index (κ3) is 4.77. The number of hydrogen-bond donors (Lipinski definition) is 1. The summed E-state index contributed by atoms with van der Waals surface area (Å²) in [6, 6.07) is 10.1. The van der Waals surface area contributed by atoms with Gasteiger partial charge in [-0.3, -0.25) is 10.1 Å². The van der Waals surface area contributed by atoms with E-state index >= 15 is 0 Å². The number of benzene rings is 1. The number of anilines is 1. The molecule has 26 heavy (non-hydrogen) atoms. The third-order valence-electron chi connectivity index (χ3n) is 3.41. The number of aryl methyl sites for hydroxylation is 1. The summed E-state index contributed by atoms with van der Waals surface area (Å²) in [6.45, 7) is 6.23. The second kappa shape index (κ2) is 8.72. The highest BCUT2D eigenvalue weighted by atomic mass is 32.2. The smallest absolute Gasteiger partial charge is 0.236 e. The van der Waals surface area contributed by atoms with E-state index in [0.717, 1.165) is 16.4 Å². The Morgan fingerprint density at radius 2 is 2.08 bits per heavy atom. The molecule has 7 nitrogen and oxygen atoms in total. The maximum absolute atomic E-state index is 12.1. The number of hydrogen-bond acceptors (Lipinski definition) is 7. The van der Waals surface area contributed by atoms with Crippen molar-refractivity contribution in [3.63, 3.8) is 0 Å². The van der Waals surface area contributed by atoms with Crippen molar-refractivity contribution >= 4 is 34.1 Å². The molecule has 9 heteroatoms. The molecule has 0 saturated carbocycles. The van der Waals surface area contributed by atoms with Crippen molar-refractivity contribution in [3.8, 4) is 0 Å². The normalized spacial score (nSPS) is 10.7. The lowest BCUT2D eigenvalue weighted by molar-refractivity contribution is -0.113. The van der Waals surface area contributed by atoms with Crippen LogP contribution in [0.5, 0.6) is 0 Å². The summed E-state index contributed by atoms with van der Waals surface area (Å²) in [6.07, 6.45) is 2.48. The maximum Gasteiger partial charge on any atom is 0.236 e. The Morgan fingerprint density at radius 1 is 1.27 bits per heavy atom. The van der Waals surface area contributed by atoms with Gasteiger partial charge in [0.25, 0.3) is 0 Å². The highest BCUT2D eigenvalue weighted by molar-refractivity contribution is 7.99. The van der Waals surface area contributed by atoms with E-state index in [1.54, 1.807) is 6.08 Å².